The van der Waals surface area contributed by atoms with Gasteiger partial charge in [-0.3, -0.25) is 0 Å². The van der Waals surface area contributed by atoms with Crippen LogP contribution in [0.4, 0.5) is 9.18 Å². The number of piperidine rings is 1. The Bertz CT molecular complexity index is 670. The molecule has 1 aliphatic heterocycles. The minimum Gasteiger partial charge on any atom is -0.465 e. The van der Waals surface area contributed by atoms with Crippen LogP contribution in [0.1, 0.15) is 19.3 Å². The van der Waals surface area contributed by atoms with Crippen LogP contribution >= 0.6 is 11.6 Å². The second kappa shape index (κ2) is 6.76. The zero-order valence-electron chi connectivity index (χ0n) is 11.5. The minimum atomic E-state index is -4.07. The molecule has 22 heavy (non-hydrogen) atoms. The molecule has 122 valence electrons. The molecular formula is C12H15ClFN3O4S. The molecule has 1 aromatic rings. The van der Waals surface area contributed by atoms with Gasteiger partial charge in [0.05, 0.1) is 6.20 Å². The van der Waals surface area contributed by atoms with Gasteiger partial charge in [-0.25, -0.2) is 27.3 Å². The van der Waals surface area contributed by atoms with Crippen molar-refractivity contribution in [2.24, 2.45) is 0 Å². The highest BCUT2D eigenvalue weighted by molar-refractivity contribution is 7.89. The van der Waals surface area contributed by atoms with E-state index in [1.54, 1.807) is 0 Å². The predicted octanol–water partition coefficient (Wildman–Crippen LogP) is 1.68. The number of nitrogens with one attached hydrogen (secondary N) is 1. The zero-order valence-corrected chi connectivity index (χ0v) is 13.1. The molecule has 10 heteroatoms. The molecule has 2 rings (SSSR count). The smallest absolute Gasteiger partial charge is 0.407 e. The van der Waals surface area contributed by atoms with E-state index >= 15 is 0 Å². The lowest BCUT2D eigenvalue weighted by molar-refractivity contribution is 0.108. The van der Waals surface area contributed by atoms with Crippen LogP contribution in [0.15, 0.2) is 17.2 Å². The van der Waals surface area contributed by atoms with Crippen LogP contribution in [0.2, 0.25) is 5.15 Å². The van der Waals surface area contributed by atoms with Crippen molar-refractivity contribution in [2.75, 3.05) is 13.1 Å². The lowest BCUT2D eigenvalue weighted by Gasteiger charge is -2.33. The summed E-state index contributed by atoms with van der Waals surface area (Å²) < 4.78 is 39.7. The molecule has 0 radical (unpaired) electrons. The largest absolute Gasteiger partial charge is 0.465 e. The average molecular weight is 352 g/mol. The maximum absolute atomic E-state index is 13.1. The summed E-state index contributed by atoms with van der Waals surface area (Å²) in [6, 6.07) is 0.314. The number of pyridine rings is 1. The normalized spacial score (nSPS) is 19.2. The highest BCUT2D eigenvalue weighted by atomic mass is 35.5. The molecule has 0 spiro atoms. The highest BCUT2D eigenvalue weighted by Crippen LogP contribution is 2.21. The van der Waals surface area contributed by atoms with Crippen LogP contribution < -0.4 is 4.72 Å². The summed E-state index contributed by atoms with van der Waals surface area (Å²) in [7, 11) is -4.07. The summed E-state index contributed by atoms with van der Waals surface area (Å²) in [6.07, 6.45) is 1.85. The number of halogens is 2. The lowest BCUT2D eigenvalue weighted by Crippen LogP contribution is -2.48. The van der Waals surface area contributed by atoms with Crippen molar-refractivity contribution in [3.05, 3.63) is 23.2 Å². The van der Waals surface area contributed by atoms with E-state index in [1.165, 1.54) is 4.90 Å². The standard InChI is InChI=1S/C12H15ClFN3O4S/c13-11-10(5-8(14)6-15-11)22(20,21)16-7-9-3-1-2-4-17(9)12(18)19/h5-6,9,16H,1-4,7H2,(H,18,19). The number of amides is 1. The highest BCUT2D eigenvalue weighted by Gasteiger charge is 2.28. The van der Waals surface area contributed by atoms with Gasteiger partial charge in [0.25, 0.3) is 0 Å². The van der Waals surface area contributed by atoms with Gasteiger partial charge in [0, 0.05) is 19.1 Å². The van der Waals surface area contributed by atoms with Crippen LogP contribution in [0.3, 0.4) is 0 Å². The molecular weight excluding hydrogens is 337 g/mol. The fraction of sp³-hybridized carbons (Fsp3) is 0.500. The predicted molar refractivity (Wildman–Crippen MR) is 76.8 cm³/mol. The summed E-state index contributed by atoms with van der Waals surface area (Å²) in [6.45, 7) is 0.269. The molecule has 1 atom stereocenters. The van der Waals surface area contributed by atoms with Gasteiger partial charge in [0.2, 0.25) is 10.0 Å². The Labute approximate surface area is 132 Å². The number of likely N-dealkylation sites (tertiary alicyclic amines) is 1. The van der Waals surface area contributed by atoms with Crippen molar-refractivity contribution in [3.8, 4) is 0 Å². The van der Waals surface area contributed by atoms with E-state index < -0.39 is 32.9 Å². The van der Waals surface area contributed by atoms with Crippen molar-refractivity contribution < 1.29 is 22.7 Å². The number of rotatable bonds is 4. The van der Waals surface area contributed by atoms with Gasteiger partial charge >= 0.3 is 6.09 Å². The molecule has 0 aromatic carbocycles. The first-order chi connectivity index (χ1) is 10.3. The van der Waals surface area contributed by atoms with Crippen LogP contribution in [0.25, 0.3) is 0 Å². The van der Waals surface area contributed by atoms with E-state index in [2.05, 4.69) is 9.71 Å². The summed E-state index contributed by atoms with van der Waals surface area (Å²) >= 11 is 5.68. The van der Waals surface area contributed by atoms with E-state index in [4.69, 9.17) is 16.7 Å². The number of hydrogen-bond donors (Lipinski definition) is 2. The Kier molecular flexibility index (Phi) is 5.20. The molecule has 1 unspecified atom stereocenters. The molecule has 1 fully saturated rings. The van der Waals surface area contributed by atoms with Gasteiger partial charge in [-0.2, -0.15) is 0 Å². The van der Waals surface area contributed by atoms with Gasteiger partial charge in [-0.1, -0.05) is 11.6 Å². The third kappa shape index (κ3) is 3.84. The molecule has 7 nitrogen and oxygen atoms in total. The second-order valence-corrected chi connectivity index (χ2v) is 7.01. The maximum Gasteiger partial charge on any atom is 0.407 e. The average Bonchev–Trinajstić information content (AvgIpc) is 2.48. The van der Waals surface area contributed by atoms with Crippen molar-refractivity contribution in [3.63, 3.8) is 0 Å². The van der Waals surface area contributed by atoms with E-state index in [-0.39, 0.29) is 11.7 Å². The molecule has 1 aromatic heterocycles. The number of nitrogens with zero attached hydrogens (tertiary/aromatic N) is 2. The van der Waals surface area contributed by atoms with E-state index in [1.807, 2.05) is 0 Å². The van der Waals surface area contributed by atoms with Crippen molar-refractivity contribution in [1.82, 2.24) is 14.6 Å². The Morgan fingerprint density at radius 2 is 2.27 bits per heavy atom. The van der Waals surface area contributed by atoms with Gasteiger partial charge in [-0.15, -0.1) is 0 Å². The number of hydrogen-bond acceptors (Lipinski definition) is 4. The van der Waals surface area contributed by atoms with Crippen LogP contribution in [0.5, 0.6) is 0 Å². The van der Waals surface area contributed by atoms with Crippen LogP contribution in [-0.2, 0) is 10.0 Å². The molecule has 0 bridgehead atoms. The fourth-order valence-corrected chi connectivity index (χ4v) is 3.86. The second-order valence-electron chi connectivity index (χ2n) is 4.92. The quantitative estimate of drug-likeness (QED) is 0.804. The van der Waals surface area contributed by atoms with E-state index in [0.29, 0.717) is 13.0 Å². The van der Waals surface area contributed by atoms with Crippen LogP contribution in [-0.4, -0.2) is 48.6 Å². The SMILES string of the molecule is O=C(O)N1CCCCC1CNS(=O)(=O)c1cc(F)cnc1Cl. The Morgan fingerprint density at radius 3 is 2.95 bits per heavy atom. The Morgan fingerprint density at radius 1 is 1.55 bits per heavy atom. The number of sulfonamides is 1. The lowest BCUT2D eigenvalue weighted by atomic mass is 10.0. The number of carboxylic acid groups (broad SMARTS) is 1. The minimum absolute atomic E-state index is 0.0958. The molecule has 1 aliphatic rings. The molecule has 0 saturated carbocycles. The third-order valence-electron chi connectivity index (χ3n) is 3.44. The first kappa shape index (κ1) is 16.9. The molecule has 1 saturated heterocycles. The van der Waals surface area contributed by atoms with Gasteiger partial charge in [0.1, 0.15) is 15.9 Å². The summed E-state index contributed by atoms with van der Waals surface area (Å²) in [4.78, 5) is 15.3. The summed E-state index contributed by atoms with van der Waals surface area (Å²) in [5.74, 6) is -0.824. The first-order valence-corrected chi connectivity index (χ1v) is 8.47. The van der Waals surface area contributed by atoms with Gasteiger partial charge in [-0.05, 0) is 25.3 Å². The summed E-state index contributed by atoms with van der Waals surface area (Å²) in [5, 5.41) is 8.76. The van der Waals surface area contributed by atoms with Crippen molar-refractivity contribution in [1.29, 1.82) is 0 Å². The molecule has 2 N–H and O–H groups in total. The number of carbonyl (C=O) groups is 1. The van der Waals surface area contributed by atoms with Crippen molar-refractivity contribution >= 4 is 27.7 Å². The van der Waals surface area contributed by atoms with E-state index in [9.17, 15) is 17.6 Å². The molecule has 0 aliphatic carbocycles. The fourth-order valence-electron chi connectivity index (χ4n) is 2.34. The third-order valence-corrected chi connectivity index (χ3v) is 5.30. The van der Waals surface area contributed by atoms with E-state index in [0.717, 1.165) is 25.1 Å². The molecule has 1 amide bonds. The zero-order chi connectivity index (χ0) is 16.3. The van der Waals surface area contributed by atoms with Gasteiger partial charge in [0.15, 0.2) is 0 Å². The topological polar surface area (TPSA) is 99.6 Å². The van der Waals surface area contributed by atoms with Gasteiger partial charge < -0.3 is 10.0 Å². The van der Waals surface area contributed by atoms with Crippen LogP contribution in [0, 0.1) is 5.82 Å². The monoisotopic (exact) mass is 351 g/mol. The Hall–Kier alpha value is -1.45. The summed E-state index contributed by atoms with van der Waals surface area (Å²) in [5.41, 5.74) is 0. The maximum atomic E-state index is 13.1. The molecule has 2 heterocycles. The number of aromatic nitrogens is 1. The Balaban J connectivity index is 2.12. The first-order valence-electron chi connectivity index (χ1n) is 6.61. The van der Waals surface area contributed by atoms with Crippen molar-refractivity contribution in [2.45, 2.75) is 30.2 Å².